The molecule has 0 saturated carbocycles. The monoisotopic (exact) mass is 322 g/mol. The fourth-order valence-corrected chi connectivity index (χ4v) is 2.22. The van der Waals surface area contributed by atoms with Gasteiger partial charge < -0.3 is 4.74 Å². The third-order valence-corrected chi connectivity index (χ3v) is 3.21. The first-order chi connectivity index (χ1) is 9.01. The molecule has 98 valence electrons. The quantitative estimate of drug-likeness (QED) is 0.794. The van der Waals surface area contributed by atoms with Gasteiger partial charge in [0.2, 0.25) is 0 Å². The normalized spacial score (nSPS) is 10.3. The Balaban J connectivity index is 2.49. The lowest BCUT2D eigenvalue weighted by atomic mass is 10.0. The molecule has 0 unspecified atom stereocenters. The van der Waals surface area contributed by atoms with Crippen molar-refractivity contribution in [2.75, 3.05) is 7.11 Å². The van der Waals surface area contributed by atoms with Crippen LogP contribution in [-0.2, 0) is 0 Å². The number of aryl methyl sites for hydroxylation is 1. The van der Waals surface area contributed by atoms with Crippen molar-refractivity contribution in [2.45, 2.75) is 6.92 Å². The van der Waals surface area contributed by atoms with Crippen molar-refractivity contribution in [2.24, 2.45) is 0 Å². The molecule has 2 rings (SSSR count). The first-order valence-electron chi connectivity index (χ1n) is 5.66. The summed E-state index contributed by atoms with van der Waals surface area (Å²) in [5.74, 6) is -0.215. The summed E-state index contributed by atoms with van der Waals surface area (Å²) in [6.07, 6.45) is 0. The van der Waals surface area contributed by atoms with E-state index in [9.17, 15) is 9.18 Å². The minimum absolute atomic E-state index is 0.257. The van der Waals surface area contributed by atoms with Crippen LogP contribution in [0.5, 0.6) is 5.75 Å². The van der Waals surface area contributed by atoms with Crippen molar-refractivity contribution in [3.8, 4) is 5.75 Å². The van der Waals surface area contributed by atoms with Crippen LogP contribution in [-0.4, -0.2) is 12.9 Å². The van der Waals surface area contributed by atoms with Gasteiger partial charge in [-0.3, -0.25) is 4.79 Å². The molecule has 0 fully saturated rings. The minimum atomic E-state index is -0.417. The van der Waals surface area contributed by atoms with E-state index in [2.05, 4.69) is 15.9 Å². The van der Waals surface area contributed by atoms with Gasteiger partial charge in [-0.05, 0) is 48.9 Å². The third-order valence-electron chi connectivity index (χ3n) is 2.71. The Labute approximate surface area is 119 Å². The lowest BCUT2D eigenvalue weighted by Gasteiger charge is -2.09. The van der Waals surface area contributed by atoms with E-state index in [1.165, 1.54) is 19.2 Å². The zero-order valence-electron chi connectivity index (χ0n) is 10.5. The number of hydrogen-bond donors (Lipinski definition) is 0. The number of ketones is 1. The Bertz CT molecular complexity index is 618. The molecule has 0 atom stereocenters. The summed E-state index contributed by atoms with van der Waals surface area (Å²) < 4.78 is 19.4. The molecular formula is C15H12BrFO2. The Hall–Kier alpha value is -1.68. The van der Waals surface area contributed by atoms with E-state index in [1.54, 1.807) is 31.2 Å². The second kappa shape index (κ2) is 5.53. The number of carbonyl (C=O) groups excluding carboxylic acids is 1. The number of ether oxygens (including phenoxy) is 1. The van der Waals surface area contributed by atoms with Crippen LogP contribution in [0.15, 0.2) is 40.9 Å². The molecule has 0 amide bonds. The molecule has 0 aliphatic rings. The van der Waals surface area contributed by atoms with Gasteiger partial charge in [0.1, 0.15) is 11.6 Å². The Morgan fingerprint density at radius 1 is 1.21 bits per heavy atom. The average Bonchev–Trinajstić information content (AvgIpc) is 2.36. The maximum atomic E-state index is 13.4. The van der Waals surface area contributed by atoms with Crippen molar-refractivity contribution in [1.29, 1.82) is 0 Å². The predicted octanol–water partition coefficient (Wildman–Crippen LogP) is 4.14. The molecule has 0 bridgehead atoms. The van der Waals surface area contributed by atoms with Gasteiger partial charge in [0.25, 0.3) is 0 Å². The Morgan fingerprint density at radius 3 is 2.58 bits per heavy atom. The van der Waals surface area contributed by atoms with Crippen LogP contribution >= 0.6 is 15.9 Å². The molecule has 0 aromatic heterocycles. The smallest absolute Gasteiger partial charge is 0.196 e. The third kappa shape index (κ3) is 3.01. The summed E-state index contributed by atoms with van der Waals surface area (Å²) in [7, 11) is 1.50. The topological polar surface area (TPSA) is 26.3 Å². The largest absolute Gasteiger partial charge is 0.496 e. The van der Waals surface area contributed by atoms with Gasteiger partial charge in [-0.2, -0.15) is 0 Å². The highest BCUT2D eigenvalue weighted by Gasteiger charge is 2.15. The number of halogens is 2. The van der Waals surface area contributed by atoms with Crippen LogP contribution in [0.3, 0.4) is 0 Å². The SMILES string of the molecule is COc1cc(Br)ccc1C(=O)c1cc(C)cc(F)c1. The molecule has 19 heavy (non-hydrogen) atoms. The average molecular weight is 323 g/mol. The molecule has 2 nitrogen and oxygen atoms in total. The van der Waals surface area contributed by atoms with Crippen molar-refractivity contribution in [3.63, 3.8) is 0 Å². The molecule has 4 heteroatoms. The fraction of sp³-hybridized carbons (Fsp3) is 0.133. The highest BCUT2D eigenvalue weighted by atomic mass is 79.9. The van der Waals surface area contributed by atoms with Gasteiger partial charge in [0.05, 0.1) is 12.7 Å². The zero-order chi connectivity index (χ0) is 14.0. The maximum absolute atomic E-state index is 13.4. The number of hydrogen-bond acceptors (Lipinski definition) is 2. The molecule has 0 N–H and O–H groups in total. The van der Waals surface area contributed by atoms with Gasteiger partial charge in [0, 0.05) is 10.0 Å². The second-order valence-electron chi connectivity index (χ2n) is 4.19. The summed E-state index contributed by atoms with van der Waals surface area (Å²) in [6, 6.07) is 9.39. The van der Waals surface area contributed by atoms with Gasteiger partial charge >= 0.3 is 0 Å². The summed E-state index contributed by atoms with van der Waals surface area (Å²) in [6.45, 7) is 1.75. The molecule has 0 spiro atoms. The molecule has 0 aliphatic heterocycles. The number of carbonyl (C=O) groups is 1. The van der Waals surface area contributed by atoms with Crippen molar-refractivity contribution in [1.82, 2.24) is 0 Å². The van der Waals surface area contributed by atoms with Gasteiger partial charge in [-0.1, -0.05) is 15.9 Å². The molecular weight excluding hydrogens is 311 g/mol. The van der Waals surface area contributed by atoms with E-state index in [4.69, 9.17) is 4.74 Å². The predicted molar refractivity (Wildman–Crippen MR) is 75.3 cm³/mol. The summed E-state index contributed by atoms with van der Waals surface area (Å²) in [5.41, 5.74) is 1.44. The Kier molecular flexibility index (Phi) is 4.00. The molecule has 2 aromatic carbocycles. The van der Waals surface area contributed by atoms with Crippen LogP contribution in [0.2, 0.25) is 0 Å². The van der Waals surface area contributed by atoms with E-state index in [0.29, 0.717) is 22.4 Å². The van der Waals surface area contributed by atoms with Gasteiger partial charge in [-0.15, -0.1) is 0 Å². The first kappa shape index (κ1) is 13.7. The first-order valence-corrected chi connectivity index (χ1v) is 6.46. The number of benzene rings is 2. The molecule has 2 aromatic rings. The van der Waals surface area contributed by atoms with Crippen molar-refractivity contribution < 1.29 is 13.9 Å². The fourth-order valence-electron chi connectivity index (χ4n) is 1.88. The van der Waals surface area contributed by atoms with Crippen molar-refractivity contribution >= 4 is 21.7 Å². The molecule has 0 saturated heterocycles. The van der Waals surface area contributed by atoms with Crippen LogP contribution in [0, 0.1) is 12.7 Å². The van der Waals surface area contributed by atoms with Gasteiger partial charge in [-0.25, -0.2) is 4.39 Å². The standard InChI is InChI=1S/C15H12BrFO2/c1-9-5-10(7-12(17)6-9)15(18)13-4-3-11(16)8-14(13)19-2/h3-8H,1-2H3. The van der Waals surface area contributed by atoms with Crippen molar-refractivity contribution in [3.05, 3.63) is 63.4 Å². The van der Waals surface area contributed by atoms with Crippen LogP contribution in [0.4, 0.5) is 4.39 Å². The lowest BCUT2D eigenvalue weighted by molar-refractivity contribution is 0.103. The second-order valence-corrected chi connectivity index (χ2v) is 5.11. The summed E-state index contributed by atoms with van der Waals surface area (Å²) in [4.78, 5) is 12.4. The highest BCUT2D eigenvalue weighted by molar-refractivity contribution is 9.10. The highest BCUT2D eigenvalue weighted by Crippen LogP contribution is 2.26. The van der Waals surface area contributed by atoms with E-state index < -0.39 is 5.82 Å². The van der Waals surface area contributed by atoms with E-state index in [-0.39, 0.29) is 5.78 Å². The maximum Gasteiger partial charge on any atom is 0.196 e. The molecule has 0 radical (unpaired) electrons. The molecule has 0 aliphatic carbocycles. The van der Waals surface area contributed by atoms with E-state index >= 15 is 0 Å². The van der Waals surface area contributed by atoms with E-state index in [1.807, 2.05) is 0 Å². The summed E-state index contributed by atoms with van der Waals surface area (Å²) in [5, 5.41) is 0. The zero-order valence-corrected chi connectivity index (χ0v) is 12.1. The van der Waals surface area contributed by atoms with Crippen LogP contribution in [0.1, 0.15) is 21.5 Å². The van der Waals surface area contributed by atoms with Gasteiger partial charge in [0.15, 0.2) is 5.78 Å². The molecule has 0 heterocycles. The van der Waals surface area contributed by atoms with Crippen LogP contribution < -0.4 is 4.74 Å². The Morgan fingerprint density at radius 2 is 1.95 bits per heavy atom. The minimum Gasteiger partial charge on any atom is -0.496 e. The summed E-state index contributed by atoms with van der Waals surface area (Å²) >= 11 is 3.31. The lowest BCUT2D eigenvalue weighted by Crippen LogP contribution is -2.05. The van der Waals surface area contributed by atoms with Crippen LogP contribution in [0.25, 0.3) is 0 Å². The number of methoxy groups -OCH3 is 1. The van der Waals surface area contributed by atoms with E-state index in [0.717, 1.165) is 4.47 Å². The number of rotatable bonds is 3.